The van der Waals surface area contributed by atoms with Crippen LogP contribution in [0.25, 0.3) is 0 Å². The third-order valence-electron chi connectivity index (χ3n) is 3.40. The summed E-state index contributed by atoms with van der Waals surface area (Å²) in [6.07, 6.45) is 0.196. The van der Waals surface area contributed by atoms with E-state index in [0.29, 0.717) is 11.1 Å². The van der Waals surface area contributed by atoms with Gasteiger partial charge in [-0.1, -0.05) is 0 Å². The van der Waals surface area contributed by atoms with E-state index in [1.807, 2.05) is 0 Å². The fraction of sp³-hybridized carbons (Fsp3) is 0.467. The second-order valence-corrected chi connectivity index (χ2v) is 5.94. The monoisotopic (exact) mass is 308 g/mol. The molecule has 0 aliphatic rings. The minimum atomic E-state index is -0.940. The van der Waals surface area contributed by atoms with Gasteiger partial charge < -0.3 is 10.4 Å². The summed E-state index contributed by atoms with van der Waals surface area (Å²) in [5, 5.41) is 22.4. The lowest BCUT2D eigenvalue weighted by Crippen LogP contribution is -2.44. The molecule has 0 spiro atoms. The van der Waals surface area contributed by atoms with Gasteiger partial charge >= 0.3 is 5.97 Å². The van der Waals surface area contributed by atoms with Gasteiger partial charge in [-0.25, -0.2) is 0 Å². The van der Waals surface area contributed by atoms with Gasteiger partial charge in [0.1, 0.15) is 0 Å². The number of nitrogens with zero attached hydrogens (tertiary/aromatic N) is 1. The highest BCUT2D eigenvalue weighted by molar-refractivity contribution is 5.97. The Labute approximate surface area is 128 Å². The number of carbonyl (C=O) groups excluding carboxylic acids is 1. The molecule has 0 saturated carbocycles. The molecule has 0 radical (unpaired) electrons. The molecule has 0 saturated heterocycles. The largest absolute Gasteiger partial charge is 0.481 e. The van der Waals surface area contributed by atoms with Crippen molar-refractivity contribution in [3.05, 3.63) is 38.9 Å². The summed E-state index contributed by atoms with van der Waals surface area (Å²) >= 11 is 0. The lowest BCUT2D eigenvalue weighted by Gasteiger charge is -2.26. The minimum absolute atomic E-state index is 0.0691. The summed E-state index contributed by atoms with van der Waals surface area (Å²) in [6.45, 7) is 6.75. The minimum Gasteiger partial charge on any atom is -0.481 e. The zero-order valence-electron chi connectivity index (χ0n) is 13.1. The van der Waals surface area contributed by atoms with Gasteiger partial charge in [0.25, 0.3) is 11.6 Å². The van der Waals surface area contributed by atoms with Crippen LogP contribution in [0.5, 0.6) is 0 Å². The van der Waals surface area contributed by atoms with Crippen LogP contribution in [0.2, 0.25) is 0 Å². The summed E-state index contributed by atoms with van der Waals surface area (Å²) in [7, 11) is 0. The molecule has 0 heterocycles. The van der Waals surface area contributed by atoms with E-state index in [-0.39, 0.29) is 24.1 Å². The van der Waals surface area contributed by atoms with E-state index in [9.17, 15) is 19.7 Å². The molecule has 2 N–H and O–H groups in total. The highest BCUT2D eigenvalue weighted by Crippen LogP contribution is 2.23. The van der Waals surface area contributed by atoms with Crippen molar-refractivity contribution in [1.82, 2.24) is 5.32 Å². The molecule has 0 unspecified atom stereocenters. The quantitative estimate of drug-likeness (QED) is 0.620. The van der Waals surface area contributed by atoms with Gasteiger partial charge in [0.15, 0.2) is 0 Å². The van der Waals surface area contributed by atoms with Crippen molar-refractivity contribution < 1.29 is 19.6 Å². The molecule has 0 aromatic heterocycles. The smallest absolute Gasteiger partial charge is 0.303 e. The molecule has 1 amide bonds. The fourth-order valence-corrected chi connectivity index (χ4v) is 2.14. The van der Waals surface area contributed by atoms with Crippen molar-refractivity contribution >= 4 is 17.6 Å². The van der Waals surface area contributed by atoms with E-state index in [0.717, 1.165) is 0 Å². The van der Waals surface area contributed by atoms with E-state index in [1.54, 1.807) is 33.8 Å². The Kier molecular flexibility index (Phi) is 5.24. The first-order valence-electron chi connectivity index (χ1n) is 6.83. The molecule has 7 nitrogen and oxygen atoms in total. The molecule has 0 bridgehead atoms. The maximum absolute atomic E-state index is 12.3. The van der Waals surface area contributed by atoms with Crippen LogP contribution in [-0.2, 0) is 4.79 Å². The third-order valence-corrected chi connectivity index (χ3v) is 3.40. The predicted octanol–water partition coefficient (Wildman–Crippen LogP) is 2.58. The van der Waals surface area contributed by atoms with Gasteiger partial charge in [0, 0.05) is 29.2 Å². The van der Waals surface area contributed by atoms with Gasteiger partial charge in [0.05, 0.1) is 4.92 Å². The van der Waals surface area contributed by atoms with Crippen molar-refractivity contribution in [2.45, 2.75) is 46.1 Å². The number of carboxylic acids is 1. The molecule has 1 aromatic carbocycles. The second kappa shape index (κ2) is 6.55. The average Bonchev–Trinajstić information content (AvgIpc) is 2.35. The zero-order valence-corrected chi connectivity index (χ0v) is 13.1. The van der Waals surface area contributed by atoms with Crippen LogP contribution in [0.3, 0.4) is 0 Å². The standard InChI is InChI=1S/C15H20N2O5/c1-9-7-10(2)12(17(21)22)8-11(9)14(20)16-15(3,4)6-5-13(18)19/h7-8H,5-6H2,1-4H3,(H,16,20)(H,18,19). The van der Waals surface area contributed by atoms with Gasteiger partial charge in [-0.2, -0.15) is 0 Å². The number of nitro benzene ring substituents is 1. The molecule has 0 fully saturated rings. The van der Waals surface area contributed by atoms with E-state index in [2.05, 4.69) is 5.32 Å². The SMILES string of the molecule is Cc1cc(C)c([N+](=O)[O-])cc1C(=O)NC(C)(C)CCC(=O)O. The number of aryl methyl sites for hydroxylation is 2. The van der Waals surface area contributed by atoms with Crippen LogP contribution in [0, 0.1) is 24.0 Å². The fourth-order valence-electron chi connectivity index (χ4n) is 2.14. The second-order valence-electron chi connectivity index (χ2n) is 5.94. The number of nitro groups is 1. The van der Waals surface area contributed by atoms with Gasteiger partial charge in [-0.3, -0.25) is 19.7 Å². The zero-order chi connectivity index (χ0) is 17.1. The normalized spacial score (nSPS) is 11.1. The van der Waals surface area contributed by atoms with Crippen molar-refractivity contribution in [2.24, 2.45) is 0 Å². The lowest BCUT2D eigenvalue weighted by atomic mass is 9.96. The number of benzene rings is 1. The van der Waals surface area contributed by atoms with Crippen LogP contribution in [-0.4, -0.2) is 27.4 Å². The molecule has 1 rings (SSSR count). The summed E-state index contributed by atoms with van der Waals surface area (Å²) in [5.74, 6) is -1.39. The number of amides is 1. The van der Waals surface area contributed by atoms with Crippen LogP contribution in [0.4, 0.5) is 5.69 Å². The Morgan fingerprint density at radius 3 is 2.36 bits per heavy atom. The number of carbonyl (C=O) groups is 2. The Balaban J connectivity index is 3.00. The van der Waals surface area contributed by atoms with Crippen molar-refractivity contribution in [3.63, 3.8) is 0 Å². The van der Waals surface area contributed by atoms with Crippen molar-refractivity contribution in [1.29, 1.82) is 0 Å². The molecule has 0 atom stereocenters. The Bertz CT molecular complexity index is 623. The Hall–Kier alpha value is -2.44. The highest BCUT2D eigenvalue weighted by Gasteiger charge is 2.24. The van der Waals surface area contributed by atoms with Gasteiger partial charge in [-0.05, 0) is 45.7 Å². The first kappa shape index (κ1) is 17.6. The van der Waals surface area contributed by atoms with E-state index < -0.39 is 22.3 Å². The molecular weight excluding hydrogens is 288 g/mol. The lowest BCUT2D eigenvalue weighted by molar-refractivity contribution is -0.385. The topological polar surface area (TPSA) is 110 Å². The number of rotatable bonds is 6. The number of hydrogen-bond donors (Lipinski definition) is 2. The number of hydrogen-bond acceptors (Lipinski definition) is 4. The van der Waals surface area contributed by atoms with Crippen molar-refractivity contribution in [2.75, 3.05) is 0 Å². The van der Waals surface area contributed by atoms with Gasteiger partial charge in [0.2, 0.25) is 0 Å². The van der Waals surface area contributed by atoms with Gasteiger partial charge in [-0.15, -0.1) is 0 Å². The summed E-state index contributed by atoms with van der Waals surface area (Å²) in [5.41, 5.74) is 0.514. The first-order valence-corrected chi connectivity index (χ1v) is 6.83. The third kappa shape index (κ3) is 4.54. The van der Waals surface area contributed by atoms with Crippen LogP contribution in [0.15, 0.2) is 12.1 Å². The Morgan fingerprint density at radius 2 is 1.86 bits per heavy atom. The maximum atomic E-state index is 12.3. The summed E-state index contributed by atoms with van der Waals surface area (Å²) < 4.78 is 0. The predicted molar refractivity (Wildman–Crippen MR) is 81.0 cm³/mol. The first-order chi connectivity index (χ1) is 10.0. The highest BCUT2D eigenvalue weighted by atomic mass is 16.6. The van der Waals surface area contributed by atoms with Crippen molar-refractivity contribution in [3.8, 4) is 0 Å². The number of carboxylic acid groups (broad SMARTS) is 1. The molecule has 0 aliphatic heterocycles. The number of aliphatic carboxylic acids is 1. The maximum Gasteiger partial charge on any atom is 0.303 e. The Morgan fingerprint density at radius 1 is 1.27 bits per heavy atom. The van der Waals surface area contributed by atoms with E-state index >= 15 is 0 Å². The van der Waals surface area contributed by atoms with Crippen LogP contribution in [0.1, 0.15) is 48.2 Å². The average molecular weight is 308 g/mol. The number of nitrogens with one attached hydrogen (secondary N) is 1. The molecule has 7 heteroatoms. The van der Waals surface area contributed by atoms with Crippen LogP contribution >= 0.6 is 0 Å². The molecular formula is C15H20N2O5. The molecule has 22 heavy (non-hydrogen) atoms. The molecule has 0 aliphatic carbocycles. The van der Waals surface area contributed by atoms with Crippen LogP contribution < -0.4 is 5.32 Å². The van der Waals surface area contributed by atoms with E-state index in [4.69, 9.17) is 5.11 Å². The summed E-state index contributed by atoms with van der Waals surface area (Å²) in [6, 6.07) is 2.85. The summed E-state index contributed by atoms with van der Waals surface area (Å²) in [4.78, 5) is 33.4. The van der Waals surface area contributed by atoms with E-state index in [1.165, 1.54) is 6.07 Å². The molecule has 120 valence electrons. The molecule has 1 aromatic rings.